The number of aryl methyl sites for hydroxylation is 1. The Morgan fingerprint density at radius 1 is 1.10 bits per heavy atom. The third-order valence-corrected chi connectivity index (χ3v) is 3.26. The Morgan fingerprint density at radius 3 is 2.50 bits per heavy atom. The summed E-state index contributed by atoms with van der Waals surface area (Å²) < 4.78 is 5.04. The maximum absolute atomic E-state index is 11.8. The van der Waals surface area contributed by atoms with Gasteiger partial charge in [-0.1, -0.05) is 0 Å². The van der Waals surface area contributed by atoms with Crippen LogP contribution < -0.4 is 4.74 Å². The normalized spacial score (nSPS) is 14.2. The fourth-order valence-corrected chi connectivity index (χ4v) is 2.37. The molecule has 0 saturated carbocycles. The molecule has 2 aromatic rings. The predicted molar refractivity (Wildman–Crippen MR) is 68.5 cm³/mol. The second kappa shape index (κ2) is 3.86. The van der Waals surface area contributed by atoms with Crippen LogP contribution in [0.25, 0.3) is 10.8 Å². The summed E-state index contributed by atoms with van der Waals surface area (Å²) in [5.74, 6) is -3.24. The molecule has 3 rings (SSSR count). The summed E-state index contributed by atoms with van der Waals surface area (Å²) >= 11 is 0. The molecule has 6 nitrogen and oxygen atoms in total. The van der Waals surface area contributed by atoms with Gasteiger partial charge in [0, 0.05) is 5.39 Å². The molecular formula is C14H10O6. The summed E-state index contributed by atoms with van der Waals surface area (Å²) in [5.41, 5.74) is 0.244. The summed E-state index contributed by atoms with van der Waals surface area (Å²) in [6.07, 6.45) is 0. The Labute approximate surface area is 112 Å². The van der Waals surface area contributed by atoms with Gasteiger partial charge < -0.3 is 20.1 Å². The van der Waals surface area contributed by atoms with Gasteiger partial charge in [-0.2, -0.15) is 0 Å². The molecule has 2 aromatic carbocycles. The van der Waals surface area contributed by atoms with Gasteiger partial charge in [-0.3, -0.25) is 9.59 Å². The first-order valence-corrected chi connectivity index (χ1v) is 5.83. The van der Waals surface area contributed by atoms with E-state index in [0.717, 1.165) is 0 Å². The molecule has 102 valence electrons. The van der Waals surface area contributed by atoms with E-state index >= 15 is 0 Å². The van der Waals surface area contributed by atoms with Crippen molar-refractivity contribution in [2.75, 3.05) is 6.61 Å². The molecule has 1 aliphatic heterocycles. The van der Waals surface area contributed by atoms with Crippen LogP contribution in [0.4, 0.5) is 0 Å². The quantitative estimate of drug-likeness (QED) is 0.495. The van der Waals surface area contributed by atoms with Crippen LogP contribution in [-0.2, 0) is 4.79 Å². The first-order valence-electron chi connectivity index (χ1n) is 5.83. The average molecular weight is 274 g/mol. The van der Waals surface area contributed by atoms with Crippen molar-refractivity contribution in [2.45, 2.75) is 6.92 Å². The molecule has 0 radical (unpaired) electrons. The summed E-state index contributed by atoms with van der Waals surface area (Å²) in [6, 6.07) is 2.92. The molecule has 0 aliphatic carbocycles. The molecule has 0 aromatic heterocycles. The number of hydrogen-bond donors (Lipinski definition) is 3. The minimum absolute atomic E-state index is 0.0847. The Bertz CT molecular complexity index is 790. The zero-order chi connectivity index (χ0) is 14.6. The number of rotatable bonds is 0. The van der Waals surface area contributed by atoms with Crippen molar-refractivity contribution >= 4 is 22.3 Å². The highest BCUT2D eigenvalue weighted by molar-refractivity contribution is 6.47. The van der Waals surface area contributed by atoms with Crippen LogP contribution >= 0.6 is 0 Å². The minimum atomic E-state index is -0.944. The highest BCUT2D eigenvalue weighted by Crippen LogP contribution is 2.49. The molecule has 1 aliphatic rings. The number of Topliss-reactive ketones (excluding diaryl/α,β-unsaturated/α-hetero) is 2. The van der Waals surface area contributed by atoms with E-state index in [1.54, 1.807) is 6.92 Å². The summed E-state index contributed by atoms with van der Waals surface area (Å²) in [5, 5.41) is 30.3. The van der Waals surface area contributed by atoms with E-state index in [9.17, 15) is 24.9 Å². The number of fused-ring (bicyclic) bond motifs is 2. The fourth-order valence-electron chi connectivity index (χ4n) is 2.37. The van der Waals surface area contributed by atoms with Gasteiger partial charge in [0.1, 0.15) is 17.1 Å². The second-order valence-corrected chi connectivity index (χ2v) is 4.65. The van der Waals surface area contributed by atoms with E-state index in [0.29, 0.717) is 5.56 Å². The summed E-state index contributed by atoms with van der Waals surface area (Å²) in [7, 11) is 0. The predicted octanol–water partition coefficient (Wildman–Crippen LogP) is 1.41. The van der Waals surface area contributed by atoms with Crippen LogP contribution in [0.2, 0.25) is 0 Å². The standard InChI is InChI=1S/C14H10O6/c1-5-2-6-9(7(15)3-5)13(19)10-12(18)8(16)4-20-14(10)11(6)17/h2-3,15,17,19H,4H2,1H3. The topological polar surface area (TPSA) is 104 Å². The first kappa shape index (κ1) is 12.3. The lowest BCUT2D eigenvalue weighted by atomic mass is 9.95. The van der Waals surface area contributed by atoms with Crippen LogP contribution in [0.15, 0.2) is 12.1 Å². The van der Waals surface area contributed by atoms with E-state index in [1.807, 2.05) is 0 Å². The number of ketones is 2. The number of phenolic OH excluding ortho intramolecular Hbond substituents is 3. The molecule has 0 bridgehead atoms. The smallest absolute Gasteiger partial charge is 0.240 e. The van der Waals surface area contributed by atoms with E-state index in [4.69, 9.17) is 4.74 Å². The van der Waals surface area contributed by atoms with E-state index in [2.05, 4.69) is 0 Å². The highest BCUT2D eigenvalue weighted by atomic mass is 16.5. The number of aromatic hydroxyl groups is 3. The van der Waals surface area contributed by atoms with E-state index in [1.165, 1.54) is 12.1 Å². The maximum atomic E-state index is 11.8. The number of ether oxygens (including phenoxy) is 1. The van der Waals surface area contributed by atoms with Crippen molar-refractivity contribution in [2.24, 2.45) is 0 Å². The van der Waals surface area contributed by atoms with Gasteiger partial charge in [-0.05, 0) is 24.6 Å². The second-order valence-electron chi connectivity index (χ2n) is 4.65. The number of carbonyl (C=O) groups is 2. The molecule has 0 fully saturated rings. The van der Waals surface area contributed by atoms with Gasteiger partial charge in [0.05, 0.1) is 5.39 Å². The lowest BCUT2D eigenvalue weighted by Gasteiger charge is -2.20. The zero-order valence-electron chi connectivity index (χ0n) is 10.4. The molecule has 0 atom stereocenters. The lowest BCUT2D eigenvalue weighted by molar-refractivity contribution is -0.117. The fraction of sp³-hybridized carbons (Fsp3) is 0.143. The van der Waals surface area contributed by atoms with Gasteiger partial charge in [0.15, 0.2) is 18.1 Å². The van der Waals surface area contributed by atoms with Crippen LogP contribution in [0.3, 0.4) is 0 Å². The molecular weight excluding hydrogens is 264 g/mol. The van der Waals surface area contributed by atoms with Crippen LogP contribution in [-0.4, -0.2) is 33.5 Å². The molecule has 6 heteroatoms. The largest absolute Gasteiger partial charge is 0.507 e. The third-order valence-electron chi connectivity index (χ3n) is 3.26. The molecule has 0 unspecified atom stereocenters. The van der Waals surface area contributed by atoms with Gasteiger partial charge in [0.2, 0.25) is 11.6 Å². The van der Waals surface area contributed by atoms with E-state index < -0.39 is 29.5 Å². The van der Waals surface area contributed by atoms with Crippen LogP contribution in [0.5, 0.6) is 23.0 Å². The van der Waals surface area contributed by atoms with Gasteiger partial charge in [0.25, 0.3) is 0 Å². The molecule has 20 heavy (non-hydrogen) atoms. The Hall–Kier alpha value is -2.76. The first-order chi connectivity index (χ1) is 9.41. The Morgan fingerprint density at radius 2 is 1.80 bits per heavy atom. The van der Waals surface area contributed by atoms with E-state index in [-0.39, 0.29) is 28.0 Å². The van der Waals surface area contributed by atoms with Crippen LogP contribution in [0, 0.1) is 6.92 Å². The van der Waals surface area contributed by atoms with Gasteiger partial charge in [-0.25, -0.2) is 0 Å². The molecule has 0 saturated heterocycles. The third kappa shape index (κ3) is 1.45. The number of hydrogen-bond acceptors (Lipinski definition) is 6. The monoisotopic (exact) mass is 274 g/mol. The zero-order valence-corrected chi connectivity index (χ0v) is 10.4. The highest BCUT2D eigenvalue weighted by Gasteiger charge is 2.34. The average Bonchev–Trinajstić information content (AvgIpc) is 2.38. The minimum Gasteiger partial charge on any atom is -0.507 e. The lowest BCUT2D eigenvalue weighted by Crippen LogP contribution is -2.27. The van der Waals surface area contributed by atoms with Crippen molar-refractivity contribution in [3.8, 4) is 23.0 Å². The van der Waals surface area contributed by atoms with Crippen LogP contribution in [0.1, 0.15) is 15.9 Å². The summed E-state index contributed by atoms with van der Waals surface area (Å²) in [4.78, 5) is 23.2. The Kier molecular flexibility index (Phi) is 2.37. The van der Waals surface area contributed by atoms with Crippen molar-refractivity contribution in [1.29, 1.82) is 0 Å². The van der Waals surface area contributed by atoms with Crippen molar-refractivity contribution < 1.29 is 29.6 Å². The number of carbonyl (C=O) groups excluding carboxylic acids is 2. The molecule has 1 heterocycles. The van der Waals surface area contributed by atoms with Gasteiger partial charge in [-0.15, -0.1) is 0 Å². The molecule has 0 amide bonds. The molecule has 3 N–H and O–H groups in total. The number of benzene rings is 2. The Balaban J connectivity index is 2.52. The van der Waals surface area contributed by atoms with Crippen molar-refractivity contribution in [3.63, 3.8) is 0 Å². The number of phenols is 3. The SMILES string of the molecule is Cc1cc(O)c2c(O)c3c(c(O)c2c1)OCC(=O)C3=O. The van der Waals surface area contributed by atoms with Gasteiger partial charge >= 0.3 is 0 Å². The van der Waals surface area contributed by atoms with Crippen molar-refractivity contribution in [1.82, 2.24) is 0 Å². The molecule has 0 spiro atoms. The maximum Gasteiger partial charge on any atom is 0.240 e. The van der Waals surface area contributed by atoms with Crippen molar-refractivity contribution in [3.05, 3.63) is 23.3 Å². The summed E-state index contributed by atoms with van der Waals surface area (Å²) in [6.45, 7) is 1.22.